The van der Waals surface area contributed by atoms with E-state index < -0.39 is 55.2 Å². The highest BCUT2D eigenvalue weighted by Gasteiger charge is 2.60. The normalized spacial score (nSPS) is 14.0. The molecule has 0 fully saturated rings. The lowest BCUT2D eigenvalue weighted by molar-refractivity contribution is -0.299. The highest BCUT2D eigenvalue weighted by atomic mass is 32.2. The van der Waals surface area contributed by atoms with E-state index in [4.69, 9.17) is 0 Å². The molecule has 0 rings (SSSR count). The second-order valence-electron chi connectivity index (χ2n) is 3.75. The van der Waals surface area contributed by atoms with E-state index in [0.717, 1.165) is 0 Å². The minimum Gasteiger partial charge on any atom is -0.302 e. The molecule has 0 aromatic heterocycles. The molecule has 0 radical (unpaired) electrons. The van der Waals surface area contributed by atoms with Crippen LogP contribution in [0.2, 0.25) is 0 Å². The van der Waals surface area contributed by atoms with Crippen molar-refractivity contribution in [1.29, 1.82) is 0 Å². The number of halogens is 6. The van der Waals surface area contributed by atoms with Crippen molar-refractivity contribution in [1.82, 2.24) is 4.72 Å². The lowest BCUT2D eigenvalue weighted by atomic mass is 10.3. The van der Waals surface area contributed by atoms with Crippen molar-refractivity contribution in [2.24, 2.45) is 0 Å². The maximum absolute atomic E-state index is 12.2. The molecular weight excluding hydrogens is 399 g/mol. The summed E-state index contributed by atoms with van der Waals surface area (Å²) in [5.74, 6) is 0. The summed E-state index contributed by atoms with van der Waals surface area (Å²) in [5.41, 5.74) is -2.10. The minimum absolute atomic E-state index is 0.431. The summed E-state index contributed by atoms with van der Waals surface area (Å²) in [4.78, 5) is 11.5. The molecule has 144 valence electrons. The van der Waals surface area contributed by atoms with Gasteiger partial charge >= 0.3 is 35.9 Å². The molecule has 1 amide bonds. The molecule has 0 aliphatic heterocycles. The minimum atomic E-state index is -6.14. The molecule has 0 atom stereocenters. The Morgan fingerprint density at radius 2 is 1.42 bits per heavy atom. The van der Waals surface area contributed by atoms with Gasteiger partial charge < -0.3 is 9.05 Å². The fraction of sp³-hybridized carbons (Fsp3) is 0.875. The summed E-state index contributed by atoms with van der Waals surface area (Å²) >= 11 is 0. The third kappa shape index (κ3) is 6.93. The van der Waals surface area contributed by atoms with E-state index in [9.17, 15) is 44.1 Å². The predicted octanol–water partition coefficient (Wildman–Crippen LogP) is 2.72. The van der Waals surface area contributed by atoms with Crippen LogP contribution in [-0.4, -0.2) is 45.7 Å². The first-order valence-corrected chi connectivity index (χ1v) is 8.82. The number of amides is 1. The van der Waals surface area contributed by atoms with Crippen molar-refractivity contribution in [2.45, 2.75) is 32.3 Å². The molecule has 0 aliphatic rings. The van der Waals surface area contributed by atoms with Crippen LogP contribution in [0.3, 0.4) is 0 Å². The summed E-state index contributed by atoms with van der Waals surface area (Å²) in [6.45, 7) is 1.57. The maximum Gasteiger partial charge on any atom is 0.425 e. The summed E-state index contributed by atoms with van der Waals surface area (Å²) in [5, 5.41) is 0. The summed E-state index contributed by atoms with van der Waals surface area (Å²) in [7, 11) is -10.7. The van der Waals surface area contributed by atoms with Crippen LogP contribution in [0.15, 0.2) is 0 Å². The molecule has 24 heavy (non-hydrogen) atoms. The van der Waals surface area contributed by atoms with Gasteiger partial charge in [-0.3, -0.25) is 4.79 Å². The van der Waals surface area contributed by atoms with Gasteiger partial charge in [0.1, 0.15) is 0 Å². The fourth-order valence-electron chi connectivity index (χ4n) is 1.10. The van der Waals surface area contributed by atoms with Gasteiger partial charge in [-0.1, -0.05) is 0 Å². The number of carbonyl (C=O) groups excluding carboxylic acids is 1. The van der Waals surface area contributed by atoms with Crippen LogP contribution in [0.1, 0.15) is 13.8 Å². The smallest absolute Gasteiger partial charge is 0.302 e. The first-order valence-electron chi connectivity index (χ1n) is 5.87. The van der Waals surface area contributed by atoms with E-state index in [1.807, 2.05) is 0 Å². The van der Waals surface area contributed by atoms with Gasteiger partial charge in [0.2, 0.25) is 0 Å². The van der Waals surface area contributed by atoms with Crippen LogP contribution in [-0.2, 0) is 28.1 Å². The molecule has 1 N–H and O–H groups in total. The van der Waals surface area contributed by atoms with Crippen LogP contribution in [0.5, 0.6) is 0 Å². The van der Waals surface area contributed by atoms with Crippen LogP contribution < -0.4 is 4.72 Å². The van der Waals surface area contributed by atoms with Crippen molar-refractivity contribution in [2.75, 3.05) is 13.2 Å². The van der Waals surface area contributed by atoms with Gasteiger partial charge in [0, 0.05) is 0 Å². The molecule has 16 heteroatoms. The van der Waals surface area contributed by atoms with Crippen molar-refractivity contribution in [3.63, 3.8) is 0 Å². The van der Waals surface area contributed by atoms with Gasteiger partial charge in [-0.2, -0.15) is 34.8 Å². The van der Waals surface area contributed by atoms with Gasteiger partial charge in [0.05, 0.1) is 13.2 Å². The molecule has 0 bridgehead atoms. The highest BCUT2D eigenvalue weighted by Crippen LogP contribution is 2.49. The van der Waals surface area contributed by atoms with E-state index in [1.165, 1.54) is 13.8 Å². The van der Waals surface area contributed by atoms with Crippen LogP contribution in [0, 0.1) is 0 Å². The molecule has 0 saturated heterocycles. The van der Waals surface area contributed by atoms with E-state index in [1.54, 1.807) is 0 Å². The standard InChI is InChI=1S/C8H12F6NO7PS/c1-3-20-23(17,21-4-2)6(16)15-24(18,19)22-5(7(9,10)11)8(12,13)14/h5H,3-4H2,1-2H3,(H,15,16). The predicted molar refractivity (Wildman–Crippen MR) is 65.3 cm³/mol. The van der Waals surface area contributed by atoms with Crippen molar-refractivity contribution in [3.05, 3.63) is 0 Å². The molecule has 0 heterocycles. The topological polar surface area (TPSA) is 108 Å². The fourth-order valence-corrected chi connectivity index (χ4v) is 3.61. The lowest BCUT2D eigenvalue weighted by Crippen LogP contribution is -2.48. The zero-order chi connectivity index (χ0) is 19.4. The Morgan fingerprint density at radius 3 is 1.71 bits per heavy atom. The zero-order valence-corrected chi connectivity index (χ0v) is 13.7. The average molecular weight is 411 g/mol. The van der Waals surface area contributed by atoms with Crippen molar-refractivity contribution in [3.8, 4) is 0 Å². The van der Waals surface area contributed by atoms with Crippen LogP contribution in [0.25, 0.3) is 0 Å². The Kier molecular flexibility index (Phi) is 7.70. The van der Waals surface area contributed by atoms with E-state index in [0.29, 0.717) is 4.72 Å². The Hall–Kier alpha value is -0.890. The molecule has 0 unspecified atom stereocenters. The number of nitrogens with one attached hydrogen (secondary N) is 1. The monoisotopic (exact) mass is 411 g/mol. The summed E-state index contributed by atoms with van der Waals surface area (Å²) in [6.07, 6.45) is -17.0. The largest absolute Gasteiger partial charge is 0.425 e. The molecule has 8 nitrogen and oxygen atoms in total. The number of rotatable bonds is 8. The highest BCUT2D eigenvalue weighted by molar-refractivity contribution is 7.87. The summed E-state index contributed by atoms with van der Waals surface area (Å²) < 4.78 is 120. The molecule has 0 saturated carbocycles. The van der Waals surface area contributed by atoms with Crippen molar-refractivity contribution >= 4 is 23.5 Å². The molecule has 0 aromatic carbocycles. The Morgan fingerprint density at radius 1 is 1.04 bits per heavy atom. The van der Waals surface area contributed by atoms with Gasteiger partial charge in [-0.15, -0.1) is 0 Å². The number of hydrogen-bond donors (Lipinski definition) is 1. The molecular formula is C8H12F6NO7PS. The molecule has 0 spiro atoms. The first kappa shape index (κ1) is 23.1. The van der Waals surface area contributed by atoms with E-state index in [2.05, 4.69) is 13.2 Å². The summed E-state index contributed by atoms with van der Waals surface area (Å²) in [6, 6.07) is 0. The first-order chi connectivity index (χ1) is 10.6. The molecule has 0 aromatic rings. The third-order valence-corrected chi connectivity index (χ3v) is 4.71. The maximum atomic E-state index is 12.2. The number of hydrogen-bond acceptors (Lipinski definition) is 7. The lowest BCUT2D eigenvalue weighted by Gasteiger charge is -2.23. The second-order valence-corrected chi connectivity index (χ2v) is 6.98. The van der Waals surface area contributed by atoms with Crippen LogP contribution >= 0.6 is 7.60 Å². The van der Waals surface area contributed by atoms with E-state index in [-0.39, 0.29) is 0 Å². The number of alkyl halides is 6. The van der Waals surface area contributed by atoms with Gasteiger partial charge in [-0.25, -0.2) is 13.5 Å². The second kappa shape index (κ2) is 7.99. The van der Waals surface area contributed by atoms with Gasteiger partial charge in [0.25, 0.3) is 6.10 Å². The third-order valence-electron chi connectivity index (χ3n) is 1.88. The SMILES string of the molecule is CCOP(=O)(OCC)C(=O)NS(=O)(=O)OC(C(F)(F)F)C(F)(F)F. The van der Waals surface area contributed by atoms with E-state index >= 15 is 0 Å². The van der Waals surface area contributed by atoms with Gasteiger partial charge in [0.15, 0.2) is 0 Å². The Balaban J connectivity index is 5.40. The van der Waals surface area contributed by atoms with Crippen molar-refractivity contribution < 1.29 is 57.4 Å². The zero-order valence-electron chi connectivity index (χ0n) is 12.0. The Labute approximate surface area is 132 Å². The average Bonchev–Trinajstić information content (AvgIpc) is 2.33. The molecule has 0 aliphatic carbocycles. The van der Waals surface area contributed by atoms with Gasteiger partial charge in [-0.05, 0) is 13.8 Å². The quantitative estimate of drug-likeness (QED) is 0.483. The number of carbonyl (C=O) groups is 1. The Bertz CT molecular complexity index is 565. The van der Waals surface area contributed by atoms with Crippen LogP contribution in [0.4, 0.5) is 31.1 Å².